The minimum absolute atomic E-state index is 0.0201. The minimum Gasteiger partial charge on any atom is -0.313 e. The van der Waals surface area contributed by atoms with Crippen molar-refractivity contribution in [1.82, 2.24) is 9.62 Å². The van der Waals surface area contributed by atoms with Crippen molar-refractivity contribution in [1.29, 1.82) is 0 Å². The molecule has 0 spiro atoms. The summed E-state index contributed by atoms with van der Waals surface area (Å²) in [5, 5.41) is 3.09. The van der Waals surface area contributed by atoms with E-state index in [1.165, 1.54) is 4.31 Å². The van der Waals surface area contributed by atoms with Crippen LogP contribution in [0.15, 0.2) is 30.3 Å². The van der Waals surface area contributed by atoms with Crippen molar-refractivity contribution in [3.63, 3.8) is 0 Å². The van der Waals surface area contributed by atoms with Gasteiger partial charge in [0.2, 0.25) is 10.0 Å². The predicted molar refractivity (Wildman–Crippen MR) is 73.1 cm³/mol. The zero-order chi connectivity index (χ0) is 13.2. The Bertz CT molecular complexity index is 483. The van der Waals surface area contributed by atoms with Crippen LogP contribution < -0.4 is 5.32 Å². The number of hydrogen-bond acceptors (Lipinski definition) is 3. The molecule has 1 unspecified atom stereocenters. The lowest BCUT2D eigenvalue weighted by Gasteiger charge is -2.35. The van der Waals surface area contributed by atoms with Gasteiger partial charge >= 0.3 is 0 Å². The van der Waals surface area contributed by atoms with Crippen molar-refractivity contribution in [2.45, 2.75) is 18.9 Å². The molecule has 4 nitrogen and oxygen atoms in total. The second-order valence-corrected chi connectivity index (χ2v) is 6.99. The zero-order valence-electron chi connectivity index (χ0n) is 10.8. The van der Waals surface area contributed by atoms with Gasteiger partial charge in [0.15, 0.2) is 0 Å². The molecule has 1 fully saturated rings. The highest BCUT2D eigenvalue weighted by Gasteiger charge is 2.31. The van der Waals surface area contributed by atoms with E-state index >= 15 is 0 Å². The molecule has 1 saturated heterocycles. The molecular formula is C13H20N2O2S. The predicted octanol–water partition coefficient (Wildman–Crippen LogP) is 1.02. The summed E-state index contributed by atoms with van der Waals surface area (Å²) in [4.78, 5) is 0. The SMILES string of the molecule is CC(CS(=O)(=O)N(C)C1CNC1)c1ccccc1. The molecular weight excluding hydrogens is 248 g/mol. The minimum atomic E-state index is -3.17. The quantitative estimate of drug-likeness (QED) is 0.867. The van der Waals surface area contributed by atoms with Crippen LogP contribution in [0.4, 0.5) is 0 Å². The number of nitrogens with zero attached hydrogens (tertiary/aromatic N) is 1. The van der Waals surface area contributed by atoms with Crippen LogP contribution in [0.2, 0.25) is 0 Å². The van der Waals surface area contributed by atoms with Crippen LogP contribution >= 0.6 is 0 Å². The fourth-order valence-electron chi connectivity index (χ4n) is 2.07. The average Bonchev–Trinajstić information content (AvgIpc) is 2.27. The van der Waals surface area contributed by atoms with E-state index in [0.29, 0.717) is 0 Å². The van der Waals surface area contributed by atoms with Gasteiger partial charge in [-0.1, -0.05) is 37.3 Å². The molecule has 1 aromatic carbocycles. The summed E-state index contributed by atoms with van der Waals surface area (Å²) in [5.41, 5.74) is 1.07. The summed E-state index contributed by atoms with van der Waals surface area (Å²) < 4.78 is 26.0. The number of hydrogen-bond donors (Lipinski definition) is 1. The topological polar surface area (TPSA) is 49.4 Å². The lowest BCUT2D eigenvalue weighted by Crippen LogP contribution is -2.57. The smallest absolute Gasteiger partial charge is 0.214 e. The standard InChI is InChI=1S/C13H20N2O2S/c1-11(12-6-4-3-5-7-12)10-18(16,17)15(2)13-8-14-9-13/h3-7,11,13-14H,8-10H2,1-2H3. The molecule has 1 aliphatic heterocycles. The van der Waals surface area contributed by atoms with Gasteiger partial charge in [-0.3, -0.25) is 0 Å². The van der Waals surface area contributed by atoms with Gasteiger partial charge in [-0.2, -0.15) is 4.31 Å². The number of benzene rings is 1. The van der Waals surface area contributed by atoms with Gasteiger partial charge in [0, 0.05) is 26.2 Å². The Morgan fingerprint density at radius 1 is 1.33 bits per heavy atom. The van der Waals surface area contributed by atoms with Gasteiger partial charge in [0.05, 0.1) is 5.75 Å². The van der Waals surface area contributed by atoms with E-state index in [2.05, 4.69) is 5.32 Å². The Balaban J connectivity index is 2.03. The lowest BCUT2D eigenvalue weighted by molar-refractivity contribution is 0.274. The van der Waals surface area contributed by atoms with Crippen LogP contribution in [0.1, 0.15) is 18.4 Å². The van der Waals surface area contributed by atoms with Crippen molar-refractivity contribution in [3.8, 4) is 0 Å². The third-order valence-electron chi connectivity index (χ3n) is 3.54. The van der Waals surface area contributed by atoms with Crippen LogP contribution in [0.3, 0.4) is 0 Å². The Morgan fingerprint density at radius 3 is 2.44 bits per heavy atom. The zero-order valence-corrected chi connectivity index (χ0v) is 11.7. The van der Waals surface area contributed by atoms with Crippen LogP contribution in [-0.4, -0.2) is 44.7 Å². The van der Waals surface area contributed by atoms with E-state index in [4.69, 9.17) is 0 Å². The molecule has 0 radical (unpaired) electrons. The Kier molecular flexibility index (Phi) is 4.04. The monoisotopic (exact) mass is 268 g/mol. The maximum absolute atomic E-state index is 12.2. The molecule has 1 heterocycles. The highest BCUT2D eigenvalue weighted by Crippen LogP contribution is 2.19. The van der Waals surface area contributed by atoms with Crippen LogP contribution in [0, 0.1) is 0 Å². The molecule has 0 saturated carbocycles. The Morgan fingerprint density at radius 2 is 1.94 bits per heavy atom. The maximum Gasteiger partial charge on any atom is 0.214 e. The second-order valence-electron chi connectivity index (χ2n) is 4.92. The van der Waals surface area contributed by atoms with E-state index in [-0.39, 0.29) is 17.7 Å². The molecule has 1 aromatic rings. The van der Waals surface area contributed by atoms with Crippen molar-refractivity contribution in [2.75, 3.05) is 25.9 Å². The third kappa shape index (κ3) is 2.91. The molecule has 0 aliphatic carbocycles. The molecule has 0 aromatic heterocycles. The number of rotatable bonds is 5. The summed E-state index contributed by atoms with van der Waals surface area (Å²) in [6.07, 6.45) is 0. The molecule has 100 valence electrons. The van der Waals surface area contributed by atoms with E-state index in [0.717, 1.165) is 18.7 Å². The largest absolute Gasteiger partial charge is 0.313 e. The fraction of sp³-hybridized carbons (Fsp3) is 0.538. The van der Waals surface area contributed by atoms with Gasteiger partial charge in [0.1, 0.15) is 0 Å². The number of nitrogens with one attached hydrogen (secondary N) is 1. The molecule has 2 rings (SSSR count). The highest BCUT2D eigenvalue weighted by molar-refractivity contribution is 7.89. The van der Waals surface area contributed by atoms with Crippen molar-refractivity contribution in [2.24, 2.45) is 0 Å². The first-order chi connectivity index (χ1) is 8.50. The van der Waals surface area contributed by atoms with Gasteiger partial charge in [0.25, 0.3) is 0 Å². The summed E-state index contributed by atoms with van der Waals surface area (Å²) in [6, 6.07) is 9.90. The van der Waals surface area contributed by atoms with Gasteiger partial charge in [-0.05, 0) is 11.5 Å². The average molecular weight is 268 g/mol. The number of sulfonamides is 1. The van der Waals surface area contributed by atoms with Gasteiger partial charge < -0.3 is 5.32 Å². The molecule has 5 heteroatoms. The van der Waals surface area contributed by atoms with Crippen molar-refractivity contribution in [3.05, 3.63) is 35.9 Å². The summed E-state index contributed by atoms with van der Waals surface area (Å²) in [5.74, 6) is 0.191. The lowest BCUT2D eigenvalue weighted by atomic mass is 10.0. The van der Waals surface area contributed by atoms with E-state index < -0.39 is 10.0 Å². The summed E-state index contributed by atoms with van der Waals surface area (Å²) in [7, 11) is -1.50. The highest BCUT2D eigenvalue weighted by atomic mass is 32.2. The summed E-state index contributed by atoms with van der Waals surface area (Å²) >= 11 is 0. The van der Waals surface area contributed by atoms with E-state index in [1.54, 1.807) is 7.05 Å². The number of likely N-dealkylation sites (N-methyl/N-ethyl adjacent to an activating group) is 1. The molecule has 0 bridgehead atoms. The molecule has 1 aliphatic rings. The fourth-order valence-corrected chi connectivity index (χ4v) is 3.73. The Hall–Kier alpha value is -0.910. The van der Waals surface area contributed by atoms with Crippen LogP contribution in [0.25, 0.3) is 0 Å². The van der Waals surface area contributed by atoms with Gasteiger partial charge in [-0.25, -0.2) is 8.42 Å². The van der Waals surface area contributed by atoms with Crippen molar-refractivity contribution >= 4 is 10.0 Å². The van der Waals surface area contributed by atoms with Crippen LogP contribution in [-0.2, 0) is 10.0 Å². The first-order valence-electron chi connectivity index (χ1n) is 6.22. The summed E-state index contributed by atoms with van der Waals surface area (Å²) in [6.45, 7) is 3.48. The second kappa shape index (κ2) is 5.38. The third-order valence-corrected chi connectivity index (χ3v) is 5.64. The van der Waals surface area contributed by atoms with Gasteiger partial charge in [-0.15, -0.1) is 0 Å². The molecule has 1 atom stereocenters. The molecule has 18 heavy (non-hydrogen) atoms. The van der Waals surface area contributed by atoms with Crippen LogP contribution in [0.5, 0.6) is 0 Å². The maximum atomic E-state index is 12.2. The molecule has 0 amide bonds. The normalized spacial score (nSPS) is 18.6. The first-order valence-corrected chi connectivity index (χ1v) is 7.83. The Labute approximate surface area is 109 Å². The van der Waals surface area contributed by atoms with E-state index in [1.807, 2.05) is 37.3 Å². The molecule has 1 N–H and O–H groups in total. The van der Waals surface area contributed by atoms with Crippen molar-refractivity contribution < 1.29 is 8.42 Å². The first kappa shape index (κ1) is 13.5. The van der Waals surface area contributed by atoms with E-state index in [9.17, 15) is 8.42 Å².